The first kappa shape index (κ1) is 17.5. The third kappa shape index (κ3) is 3.03. The first-order valence-corrected chi connectivity index (χ1v) is 9.56. The molecule has 4 rings (SSSR count). The highest BCUT2D eigenvalue weighted by molar-refractivity contribution is 7.18. The molecule has 0 atom stereocenters. The first-order valence-electron chi connectivity index (χ1n) is 7.80. The molecular formula is C17H13FN6OS2. The van der Waals surface area contributed by atoms with E-state index in [0.29, 0.717) is 32.3 Å². The summed E-state index contributed by atoms with van der Waals surface area (Å²) in [4.78, 5) is 21.2. The second-order valence-corrected chi connectivity index (χ2v) is 7.29. The summed E-state index contributed by atoms with van der Waals surface area (Å²) in [5.74, 6) is -1.09. The number of amides is 1. The van der Waals surface area contributed by atoms with Gasteiger partial charge in [0.1, 0.15) is 16.5 Å². The molecule has 136 valence electrons. The zero-order valence-corrected chi connectivity index (χ0v) is 15.4. The molecule has 3 heterocycles. The van der Waals surface area contributed by atoms with Gasteiger partial charge in [-0.2, -0.15) is 5.10 Å². The summed E-state index contributed by atoms with van der Waals surface area (Å²) in [6.45, 7) is -0.00811. The second-order valence-electron chi connectivity index (χ2n) is 5.57. The van der Waals surface area contributed by atoms with Gasteiger partial charge >= 0.3 is 0 Å². The van der Waals surface area contributed by atoms with Gasteiger partial charge in [0.2, 0.25) is 0 Å². The molecule has 27 heavy (non-hydrogen) atoms. The van der Waals surface area contributed by atoms with Crippen LogP contribution in [-0.4, -0.2) is 26.1 Å². The second kappa shape index (κ2) is 6.99. The van der Waals surface area contributed by atoms with Crippen LogP contribution in [0.2, 0.25) is 0 Å². The maximum atomic E-state index is 14.4. The number of carbonyl (C=O) groups is 1. The number of nitrogens with one attached hydrogen (secondary N) is 1. The lowest BCUT2D eigenvalue weighted by molar-refractivity contribution is 0.0997. The van der Waals surface area contributed by atoms with E-state index >= 15 is 0 Å². The fourth-order valence-electron chi connectivity index (χ4n) is 2.80. The molecule has 3 aromatic heterocycles. The maximum absolute atomic E-state index is 14.4. The molecule has 5 N–H and O–H groups in total. The normalized spacial score (nSPS) is 11.0. The molecule has 0 spiro atoms. The summed E-state index contributed by atoms with van der Waals surface area (Å²) < 4.78 is 14.4. The number of carbonyl (C=O) groups excluding carboxylic acids is 1. The van der Waals surface area contributed by atoms with Crippen LogP contribution in [0.25, 0.3) is 32.3 Å². The molecule has 0 unspecified atom stereocenters. The molecule has 0 aliphatic carbocycles. The predicted molar refractivity (Wildman–Crippen MR) is 103 cm³/mol. The molecule has 0 radical (unpaired) electrons. The summed E-state index contributed by atoms with van der Waals surface area (Å²) >= 11 is 2.66. The number of hydrogen-bond donors (Lipinski definition) is 3. The van der Waals surface area contributed by atoms with Crippen molar-refractivity contribution in [2.45, 2.75) is 6.54 Å². The Morgan fingerprint density at radius 1 is 1.33 bits per heavy atom. The molecule has 0 saturated heterocycles. The molecule has 1 aromatic carbocycles. The van der Waals surface area contributed by atoms with Crippen LogP contribution >= 0.6 is 22.7 Å². The van der Waals surface area contributed by atoms with Crippen molar-refractivity contribution in [3.05, 3.63) is 52.5 Å². The van der Waals surface area contributed by atoms with Gasteiger partial charge < -0.3 is 11.5 Å². The molecule has 0 aliphatic rings. The van der Waals surface area contributed by atoms with Crippen molar-refractivity contribution in [2.75, 3.05) is 0 Å². The molecule has 7 nitrogen and oxygen atoms in total. The van der Waals surface area contributed by atoms with E-state index in [1.54, 1.807) is 29.4 Å². The maximum Gasteiger partial charge on any atom is 0.268 e. The minimum absolute atomic E-state index is 0.00811. The van der Waals surface area contributed by atoms with Crippen molar-refractivity contribution in [3.63, 3.8) is 0 Å². The van der Waals surface area contributed by atoms with E-state index in [0.717, 1.165) is 5.56 Å². The largest absolute Gasteiger partial charge is 0.364 e. The van der Waals surface area contributed by atoms with Crippen LogP contribution in [0.5, 0.6) is 0 Å². The number of rotatable bonds is 5. The van der Waals surface area contributed by atoms with Crippen molar-refractivity contribution in [3.8, 4) is 32.3 Å². The number of halogens is 1. The third-order valence-corrected chi connectivity index (χ3v) is 5.72. The fraction of sp³-hybridized carbons (Fsp3) is 0.0588. The zero-order chi connectivity index (χ0) is 19.0. The number of nitrogens with two attached hydrogens (primary N) is 2. The van der Waals surface area contributed by atoms with Gasteiger partial charge in [-0.3, -0.25) is 9.89 Å². The number of thiazole rings is 2. The van der Waals surface area contributed by atoms with Crippen LogP contribution in [0, 0.1) is 5.82 Å². The van der Waals surface area contributed by atoms with Crippen LogP contribution in [-0.2, 0) is 6.54 Å². The van der Waals surface area contributed by atoms with Crippen molar-refractivity contribution in [1.82, 2.24) is 20.2 Å². The van der Waals surface area contributed by atoms with Crippen LogP contribution in [0.15, 0.2) is 35.4 Å². The summed E-state index contributed by atoms with van der Waals surface area (Å²) in [6, 6.07) is 2.93. The van der Waals surface area contributed by atoms with Gasteiger partial charge in [-0.1, -0.05) is 0 Å². The molecule has 1 amide bonds. The van der Waals surface area contributed by atoms with Crippen molar-refractivity contribution < 1.29 is 9.18 Å². The number of aromatic nitrogens is 4. The highest BCUT2D eigenvalue weighted by Crippen LogP contribution is 2.42. The Morgan fingerprint density at radius 3 is 2.81 bits per heavy atom. The molecule has 0 fully saturated rings. The summed E-state index contributed by atoms with van der Waals surface area (Å²) in [5.41, 5.74) is 15.9. The Kier molecular flexibility index (Phi) is 4.52. The van der Waals surface area contributed by atoms with Gasteiger partial charge in [0, 0.05) is 40.4 Å². The Morgan fingerprint density at radius 2 is 2.19 bits per heavy atom. The summed E-state index contributed by atoms with van der Waals surface area (Å²) in [7, 11) is 0. The van der Waals surface area contributed by atoms with Crippen LogP contribution in [0.3, 0.4) is 0 Å². The third-order valence-electron chi connectivity index (χ3n) is 4.00. The highest BCUT2D eigenvalue weighted by Gasteiger charge is 2.24. The Bertz CT molecular complexity index is 1110. The van der Waals surface area contributed by atoms with E-state index in [4.69, 9.17) is 11.5 Å². The van der Waals surface area contributed by atoms with E-state index < -0.39 is 11.7 Å². The lowest BCUT2D eigenvalue weighted by Crippen LogP contribution is -2.13. The zero-order valence-electron chi connectivity index (χ0n) is 13.8. The van der Waals surface area contributed by atoms with Crippen molar-refractivity contribution in [2.24, 2.45) is 11.5 Å². The number of nitrogens with zero attached hydrogens (tertiary/aromatic N) is 3. The molecule has 0 bridgehead atoms. The number of primary amides is 1. The molecule has 10 heteroatoms. The predicted octanol–water partition coefficient (Wildman–Crippen LogP) is 3.02. The molecule has 0 aliphatic heterocycles. The van der Waals surface area contributed by atoms with E-state index in [9.17, 15) is 9.18 Å². The number of hydrogen-bond acceptors (Lipinski definition) is 7. The van der Waals surface area contributed by atoms with E-state index in [2.05, 4.69) is 20.2 Å². The number of H-pyrrole nitrogens is 1. The number of benzene rings is 1. The van der Waals surface area contributed by atoms with Gasteiger partial charge in [-0.15, -0.1) is 22.7 Å². The van der Waals surface area contributed by atoms with Gasteiger partial charge in [-0.25, -0.2) is 14.4 Å². The lowest BCUT2D eigenvalue weighted by atomic mass is 9.96. The average Bonchev–Trinajstić information content (AvgIpc) is 3.41. The van der Waals surface area contributed by atoms with Crippen molar-refractivity contribution >= 4 is 28.6 Å². The standard InChI is InChI=1S/C17H13FN6OS2/c18-11-2-1-9(13(10(11)3-19)12-6-26-7-21-12)15-14(16(20)25)24-17(27-15)8-4-22-23-5-8/h1-2,4-7H,3,19H2,(H2,20,25)(H,22,23). The average molecular weight is 400 g/mol. The minimum atomic E-state index is -0.668. The Balaban J connectivity index is 2.01. The van der Waals surface area contributed by atoms with Crippen LogP contribution < -0.4 is 11.5 Å². The van der Waals surface area contributed by atoms with Gasteiger partial charge in [-0.05, 0) is 12.1 Å². The van der Waals surface area contributed by atoms with Gasteiger partial charge in [0.15, 0.2) is 0 Å². The lowest BCUT2D eigenvalue weighted by Gasteiger charge is -2.13. The van der Waals surface area contributed by atoms with E-state index in [1.165, 1.54) is 28.7 Å². The van der Waals surface area contributed by atoms with Crippen LogP contribution in [0.1, 0.15) is 16.1 Å². The van der Waals surface area contributed by atoms with Gasteiger partial charge in [0.25, 0.3) is 5.91 Å². The molecule has 0 saturated carbocycles. The summed E-state index contributed by atoms with van der Waals surface area (Å²) in [5, 5.41) is 9.00. The van der Waals surface area contributed by atoms with E-state index in [1.807, 2.05) is 0 Å². The van der Waals surface area contributed by atoms with E-state index in [-0.39, 0.29) is 12.2 Å². The molecular weight excluding hydrogens is 387 g/mol. The Hall–Kier alpha value is -2.95. The highest BCUT2D eigenvalue weighted by atomic mass is 32.1. The SMILES string of the molecule is NCc1c(F)ccc(-c2sc(-c3cn[nH]c3)nc2C(N)=O)c1-c1cscn1. The number of aromatic amines is 1. The smallest absolute Gasteiger partial charge is 0.268 e. The monoisotopic (exact) mass is 400 g/mol. The van der Waals surface area contributed by atoms with Crippen molar-refractivity contribution in [1.29, 1.82) is 0 Å². The Labute approximate surface area is 160 Å². The molecule has 4 aromatic rings. The van der Waals surface area contributed by atoms with Gasteiger partial charge in [0.05, 0.1) is 22.3 Å². The summed E-state index contributed by atoms with van der Waals surface area (Å²) in [6.07, 6.45) is 3.27. The fourth-order valence-corrected chi connectivity index (χ4v) is 4.43. The minimum Gasteiger partial charge on any atom is -0.364 e. The first-order chi connectivity index (χ1) is 13.1. The van der Waals surface area contributed by atoms with Crippen LogP contribution in [0.4, 0.5) is 4.39 Å². The topological polar surface area (TPSA) is 124 Å². The quantitative estimate of drug-likeness (QED) is 0.475.